The van der Waals surface area contributed by atoms with E-state index in [0.29, 0.717) is 12.3 Å². The fourth-order valence-corrected chi connectivity index (χ4v) is 4.31. The molecule has 0 aromatic carbocycles. The van der Waals surface area contributed by atoms with Crippen LogP contribution in [0.15, 0.2) is 0 Å². The van der Waals surface area contributed by atoms with Crippen LogP contribution < -0.4 is 0 Å². The monoisotopic (exact) mass is 342 g/mol. The molecule has 0 N–H and O–H groups in total. The van der Waals surface area contributed by atoms with Gasteiger partial charge in [0.25, 0.3) is 0 Å². The quantitative estimate of drug-likeness (QED) is 0.787. The first kappa shape index (κ1) is 18.6. The van der Waals surface area contributed by atoms with Crippen LogP contribution in [0.1, 0.15) is 47.0 Å². The minimum atomic E-state index is -0.279. The van der Waals surface area contributed by atoms with Crippen molar-refractivity contribution in [3.8, 4) is 0 Å². The molecule has 0 aromatic rings. The van der Waals surface area contributed by atoms with E-state index in [4.69, 9.17) is 4.74 Å². The molecule has 23 heavy (non-hydrogen) atoms. The Hall–Kier alpha value is -0.750. The first-order valence-electron chi connectivity index (χ1n) is 8.59. The molecule has 132 valence electrons. The number of likely N-dealkylation sites (tertiary alicyclic amines) is 1. The molecule has 2 amide bonds. The van der Waals surface area contributed by atoms with Crippen LogP contribution in [0.2, 0.25) is 0 Å². The van der Waals surface area contributed by atoms with E-state index in [1.165, 1.54) is 0 Å². The summed E-state index contributed by atoms with van der Waals surface area (Å²) < 4.78 is 5.64. The molecular formula is C17H30N2O3S. The van der Waals surface area contributed by atoms with Crippen molar-refractivity contribution in [3.05, 3.63) is 0 Å². The lowest BCUT2D eigenvalue weighted by Crippen LogP contribution is -2.52. The van der Waals surface area contributed by atoms with Crippen LogP contribution in [0.25, 0.3) is 0 Å². The normalized spacial score (nSPS) is 23.4. The summed E-state index contributed by atoms with van der Waals surface area (Å²) in [4.78, 5) is 29.0. The molecule has 0 saturated carbocycles. The molecule has 2 saturated heterocycles. The maximum Gasteiger partial charge on any atom is 0.246 e. The van der Waals surface area contributed by atoms with Crippen molar-refractivity contribution in [1.29, 1.82) is 0 Å². The standard InChI is InChI=1S/C17H30N2O3S/c1-5-22-13-6-8-18(9-7-13)16(21)14-11-23-12-19(14)15(20)10-17(2,3)4/h13-14H,5-12H2,1-4H3/t14-/m0/s1. The molecule has 0 aliphatic carbocycles. The third-order valence-corrected chi connectivity index (χ3v) is 5.34. The van der Waals surface area contributed by atoms with E-state index < -0.39 is 0 Å². The van der Waals surface area contributed by atoms with Gasteiger partial charge in [-0.25, -0.2) is 0 Å². The van der Waals surface area contributed by atoms with E-state index in [2.05, 4.69) is 20.8 Å². The predicted molar refractivity (Wildman–Crippen MR) is 93.3 cm³/mol. The predicted octanol–water partition coefficient (Wildman–Crippen LogP) is 2.35. The third kappa shape index (κ3) is 5.11. The lowest BCUT2D eigenvalue weighted by molar-refractivity contribution is -0.145. The minimum absolute atomic E-state index is 0.0478. The Balaban J connectivity index is 1.92. The Bertz CT molecular complexity index is 428. The van der Waals surface area contributed by atoms with Crippen LogP contribution in [0.3, 0.4) is 0 Å². The molecule has 0 spiro atoms. The van der Waals surface area contributed by atoms with Gasteiger partial charge in [-0.05, 0) is 25.2 Å². The summed E-state index contributed by atoms with van der Waals surface area (Å²) in [6, 6.07) is -0.279. The van der Waals surface area contributed by atoms with Gasteiger partial charge in [-0.15, -0.1) is 11.8 Å². The number of carbonyl (C=O) groups is 2. The average molecular weight is 343 g/mol. The molecule has 6 heteroatoms. The van der Waals surface area contributed by atoms with Gasteiger partial charge in [-0.2, -0.15) is 0 Å². The van der Waals surface area contributed by atoms with Gasteiger partial charge < -0.3 is 14.5 Å². The van der Waals surface area contributed by atoms with Crippen LogP contribution in [-0.2, 0) is 14.3 Å². The van der Waals surface area contributed by atoms with Crippen LogP contribution in [0, 0.1) is 5.41 Å². The summed E-state index contributed by atoms with van der Waals surface area (Å²) in [5.74, 6) is 1.58. The highest BCUT2D eigenvalue weighted by molar-refractivity contribution is 7.99. The highest BCUT2D eigenvalue weighted by Gasteiger charge is 2.38. The minimum Gasteiger partial charge on any atom is -0.378 e. The number of rotatable bonds is 4. The van der Waals surface area contributed by atoms with Gasteiger partial charge in [0.1, 0.15) is 6.04 Å². The molecule has 2 rings (SSSR count). The number of nitrogens with zero attached hydrogens (tertiary/aromatic N) is 2. The Morgan fingerprint density at radius 2 is 1.87 bits per heavy atom. The van der Waals surface area contributed by atoms with Crippen LogP contribution in [0.5, 0.6) is 0 Å². The molecule has 2 aliphatic heterocycles. The number of piperidine rings is 1. The molecule has 5 nitrogen and oxygen atoms in total. The van der Waals surface area contributed by atoms with Crippen LogP contribution >= 0.6 is 11.8 Å². The van der Waals surface area contributed by atoms with Crippen molar-refractivity contribution >= 4 is 23.6 Å². The number of hydrogen-bond acceptors (Lipinski definition) is 4. The second-order valence-corrected chi connectivity index (χ2v) is 8.60. The van der Waals surface area contributed by atoms with Crippen molar-refractivity contribution in [2.45, 2.75) is 59.1 Å². The number of carbonyl (C=O) groups excluding carboxylic acids is 2. The van der Waals surface area contributed by atoms with E-state index in [1.807, 2.05) is 11.8 Å². The molecule has 0 aromatic heterocycles. The SMILES string of the molecule is CCOC1CCN(C(=O)[C@@H]2CSCN2C(=O)CC(C)(C)C)CC1. The first-order chi connectivity index (χ1) is 10.8. The zero-order valence-corrected chi connectivity index (χ0v) is 15.7. The lowest BCUT2D eigenvalue weighted by Gasteiger charge is -2.35. The second-order valence-electron chi connectivity index (χ2n) is 7.60. The molecule has 2 aliphatic rings. The summed E-state index contributed by atoms with van der Waals surface area (Å²) in [6.07, 6.45) is 2.56. The average Bonchev–Trinajstić information content (AvgIpc) is 2.95. The molecule has 2 heterocycles. The first-order valence-corrected chi connectivity index (χ1v) is 9.75. The summed E-state index contributed by atoms with van der Waals surface area (Å²) in [5, 5.41) is 0. The van der Waals surface area contributed by atoms with Crippen LogP contribution in [-0.4, -0.2) is 65.1 Å². The van der Waals surface area contributed by atoms with Crippen molar-refractivity contribution in [1.82, 2.24) is 9.80 Å². The van der Waals surface area contributed by atoms with Gasteiger partial charge in [0.15, 0.2) is 0 Å². The Labute approximate surface area is 144 Å². The number of amides is 2. The Morgan fingerprint density at radius 1 is 1.22 bits per heavy atom. The van der Waals surface area contributed by atoms with Crippen LogP contribution in [0.4, 0.5) is 0 Å². The van der Waals surface area contributed by atoms with Crippen molar-refractivity contribution < 1.29 is 14.3 Å². The number of thioether (sulfide) groups is 1. The van der Waals surface area contributed by atoms with Gasteiger partial charge in [0, 0.05) is 31.9 Å². The zero-order valence-electron chi connectivity index (χ0n) is 14.8. The van der Waals surface area contributed by atoms with Gasteiger partial charge in [0.05, 0.1) is 12.0 Å². The smallest absolute Gasteiger partial charge is 0.246 e. The Morgan fingerprint density at radius 3 is 2.43 bits per heavy atom. The number of ether oxygens (including phenoxy) is 1. The maximum absolute atomic E-state index is 12.8. The fraction of sp³-hybridized carbons (Fsp3) is 0.882. The third-order valence-electron chi connectivity index (χ3n) is 4.33. The van der Waals surface area contributed by atoms with Crippen molar-refractivity contribution in [3.63, 3.8) is 0 Å². The van der Waals surface area contributed by atoms with E-state index in [9.17, 15) is 9.59 Å². The largest absolute Gasteiger partial charge is 0.378 e. The molecular weight excluding hydrogens is 312 g/mol. The van der Waals surface area contributed by atoms with Gasteiger partial charge in [-0.1, -0.05) is 20.8 Å². The van der Waals surface area contributed by atoms with E-state index >= 15 is 0 Å². The highest BCUT2D eigenvalue weighted by Crippen LogP contribution is 2.28. The van der Waals surface area contributed by atoms with E-state index in [-0.39, 0.29) is 29.4 Å². The molecule has 2 fully saturated rings. The topological polar surface area (TPSA) is 49.9 Å². The second kappa shape index (κ2) is 7.88. The van der Waals surface area contributed by atoms with E-state index in [1.54, 1.807) is 16.7 Å². The van der Waals surface area contributed by atoms with Crippen molar-refractivity contribution in [2.75, 3.05) is 31.3 Å². The summed E-state index contributed by atoms with van der Waals surface area (Å²) in [6.45, 7) is 10.4. The summed E-state index contributed by atoms with van der Waals surface area (Å²) in [5.41, 5.74) is -0.0478. The maximum atomic E-state index is 12.8. The van der Waals surface area contributed by atoms with Gasteiger partial charge in [0.2, 0.25) is 11.8 Å². The summed E-state index contributed by atoms with van der Waals surface area (Å²) >= 11 is 1.68. The lowest BCUT2D eigenvalue weighted by atomic mass is 9.91. The Kier molecular flexibility index (Phi) is 6.37. The van der Waals surface area contributed by atoms with Crippen molar-refractivity contribution in [2.24, 2.45) is 5.41 Å². The molecule has 0 radical (unpaired) electrons. The van der Waals surface area contributed by atoms with Gasteiger partial charge >= 0.3 is 0 Å². The fourth-order valence-electron chi connectivity index (χ4n) is 3.14. The zero-order chi connectivity index (χ0) is 17.0. The molecule has 1 atom stereocenters. The summed E-state index contributed by atoms with van der Waals surface area (Å²) in [7, 11) is 0. The van der Waals surface area contributed by atoms with Gasteiger partial charge in [-0.3, -0.25) is 9.59 Å². The highest BCUT2D eigenvalue weighted by atomic mass is 32.2. The molecule has 0 unspecified atom stereocenters. The van der Waals surface area contributed by atoms with E-state index in [0.717, 1.165) is 38.3 Å². The molecule has 0 bridgehead atoms. The number of hydrogen-bond donors (Lipinski definition) is 0.